The molecule has 2 aromatic carbocycles. The van der Waals surface area contributed by atoms with Crippen molar-refractivity contribution in [2.24, 2.45) is 0 Å². The van der Waals surface area contributed by atoms with Gasteiger partial charge < -0.3 is 15.0 Å². The maximum atomic E-state index is 12.6. The topological polar surface area (TPSA) is 71.3 Å². The molecule has 0 bridgehead atoms. The molecule has 0 saturated heterocycles. The number of benzene rings is 2. The van der Waals surface area contributed by atoms with Crippen LogP contribution in [0.1, 0.15) is 12.1 Å². The molecule has 0 aliphatic rings. The summed E-state index contributed by atoms with van der Waals surface area (Å²) in [6.07, 6.45) is 0.362. The predicted octanol–water partition coefficient (Wildman–Crippen LogP) is 4.46. The van der Waals surface area contributed by atoms with Gasteiger partial charge in [0.05, 0.1) is 6.42 Å². The molecule has 0 atom stereocenters. The molecule has 3 aromatic rings. The predicted molar refractivity (Wildman–Crippen MR) is 106 cm³/mol. The molecule has 0 spiro atoms. The maximum absolute atomic E-state index is 12.6. The zero-order valence-electron chi connectivity index (χ0n) is 14.6. The van der Waals surface area contributed by atoms with Gasteiger partial charge in [-0.25, -0.2) is 0 Å². The third-order valence-corrected chi connectivity index (χ3v) is 4.38. The van der Waals surface area contributed by atoms with E-state index >= 15 is 0 Å². The van der Waals surface area contributed by atoms with E-state index in [1.54, 1.807) is 24.3 Å². The number of carboxylic acids is 1. The highest BCUT2D eigenvalue weighted by molar-refractivity contribution is 6.30. The standard InChI is InChI=1S/C21H19ClN2O3/c22-16-7-4-8-17(13-16)23-20(25)14-24-18(10-12-21(26)27)9-11-19(24)15-5-2-1-3-6-15/h1-9,11,13H,10,12,14H2,(H,23,25)(H,26,27). The van der Waals surface area contributed by atoms with Crippen LogP contribution in [-0.2, 0) is 22.6 Å². The van der Waals surface area contributed by atoms with Crippen molar-refractivity contribution >= 4 is 29.2 Å². The molecule has 1 amide bonds. The zero-order chi connectivity index (χ0) is 19.2. The maximum Gasteiger partial charge on any atom is 0.303 e. The Morgan fingerprint density at radius 1 is 1.00 bits per heavy atom. The number of halogens is 1. The molecule has 138 valence electrons. The Morgan fingerprint density at radius 3 is 2.48 bits per heavy atom. The number of carbonyl (C=O) groups is 2. The number of aliphatic carboxylic acids is 1. The van der Waals surface area contributed by atoms with Crippen molar-refractivity contribution < 1.29 is 14.7 Å². The van der Waals surface area contributed by atoms with Gasteiger partial charge in [0, 0.05) is 22.1 Å². The molecule has 1 heterocycles. The van der Waals surface area contributed by atoms with Crippen LogP contribution in [0.3, 0.4) is 0 Å². The van der Waals surface area contributed by atoms with E-state index < -0.39 is 5.97 Å². The third-order valence-electron chi connectivity index (χ3n) is 4.15. The van der Waals surface area contributed by atoms with Crippen LogP contribution in [0.4, 0.5) is 5.69 Å². The molecule has 27 heavy (non-hydrogen) atoms. The van der Waals surface area contributed by atoms with E-state index in [9.17, 15) is 9.59 Å². The van der Waals surface area contributed by atoms with Gasteiger partial charge in [-0.15, -0.1) is 0 Å². The monoisotopic (exact) mass is 382 g/mol. The van der Waals surface area contributed by atoms with Crippen LogP contribution < -0.4 is 5.32 Å². The Labute approximate surface area is 162 Å². The number of aryl methyl sites for hydroxylation is 1. The van der Waals surface area contributed by atoms with E-state index in [4.69, 9.17) is 16.7 Å². The smallest absolute Gasteiger partial charge is 0.303 e. The van der Waals surface area contributed by atoms with Gasteiger partial charge in [-0.1, -0.05) is 48.0 Å². The minimum Gasteiger partial charge on any atom is -0.481 e. The number of hydrogen-bond acceptors (Lipinski definition) is 2. The summed E-state index contributed by atoms with van der Waals surface area (Å²) in [5, 5.41) is 12.4. The van der Waals surface area contributed by atoms with Gasteiger partial charge in [-0.3, -0.25) is 9.59 Å². The number of carbonyl (C=O) groups excluding carboxylic acids is 1. The number of anilines is 1. The van der Waals surface area contributed by atoms with E-state index in [1.807, 2.05) is 47.0 Å². The molecule has 0 aliphatic carbocycles. The summed E-state index contributed by atoms with van der Waals surface area (Å²) < 4.78 is 1.86. The Balaban J connectivity index is 1.85. The van der Waals surface area contributed by atoms with E-state index in [0.29, 0.717) is 17.1 Å². The van der Waals surface area contributed by atoms with Crippen LogP contribution in [0.2, 0.25) is 5.02 Å². The Morgan fingerprint density at radius 2 is 1.78 bits per heavy atom. The van der Waals surface area contributed by atoms with Gasteiger partial charge in [-0.05, 0) is 42.3 Å². The molecule has 1 aromatic heterocycles. The third kappa shape index (κ3) is 4.99. The molecule has 0 aliphatic heterocycles. The van der Waals surface area contributed by atoms with Crippen LogP contribution >= 0.6 is 11.6 Å². The summed E-state index contributed by atoms with van der Waals surface area (Å²) in [6.45, 7) is 0.0820. The fourth-order valence-corrected chi connectivity index (χ4v) is 3.11. The molecule has 6 heteroatoms. The number of carboxylic acid groups (broad SMARTS) is 1. The van der Waals surface area contributed by atoms with Crippen LogP contribution in [0.25, 0.3) is 11.3 Å². The van der Waals surface area contributed by atoms with Crippen LogP contribution in [0.5, 0.6) is 0 Å². The molecule has 5 nitrogen and oxygen atoms in total. The van der Waals surface area contributed by atoms with Crippen molar-refractivity contribution in [3.63, 3.8) is 0 Å². The highest BCUT2D eigenvalue weighted by atomic mass is 35.5. The van der Waals surface area contributed by atoms with Gasteiger partial charge in [0.1, 0.15) is 6.54 Å². The quantitative estimate of drug-likeness (QED) is 0.633. The fraction of sp³-hybridized carbons (Fsp3) is 0.143. The number of nitrogens with zero attached hydrogens (tertiary/aromatic N) is 1. The molecule has 0 unspecified atom stereocenters. The highest BCUT2D eigenvalue weighted by Gasteiger charge is 2.14. The first-order valence-electron chi connectivity index (χ1n) is 8.54. The van der Waals surface area contributed by atoms with Gasteiger partial charge in [0.15, 0.2) is 0 Å². The first kappa shape index (κ1) is 18.7. The minimum absolute atomic E-state index is 0.00809. The van der Waals surface area contributed by atoms with E-state index in [2.05, 4.69) is 5.32 Å². The second-order valence-electron chi connectivity index (χ2n) is 6.11. The molecule has 3 rings (SSSR count). The number of rotatable bonds is 7. The summed E-state index contributed by atoms with van der Waals surface area (Å²) >= 11 is 5.96. The van der Waals surface area contributed by atoms with Crippen molar-refractivity contribution in [1.82, 2.24) is 4.57 Å². The number of amides is 1. The lowest BCUT2D eigenvalue weighted by Crippen LogP contribution is -2.21. The van der Waals surface area contributed by atoms with Crippen molar-refractivity contribution in [1.29, 1.82) is 0 Å². The molecule has 0 fully saturated rings. The van der Waals surface area contributed by atoms with Gasteiger partial charge in [0.2, 0.25) is 5.91 Å². The van der Waals surface area contributed by atoms with Gasteiger partial charge in [0.25, 0.3) is 0 Å². The van der Waals surface area contributed by atoms with E-state index in [-0.39, 0.29) is 18.9 Å². The summed E-state index contributed by atoms with van der Waals surface area (Å²) in [6, 6.07) is 20.4. The van der Waals surface area contributed by atoms with Crippen LogP contribution in [-0.4, -0.2) is 21.6 Å². The number of aromatic nitrogens is 1. The van der Waals surface area contributed by atoms with Crippen LogP contribution in [0.15, 0.2) is 66.7 Å². The van der Waals surface area contributed by atoms with Crippen molar-refractivity contribution in [3.8, 4) is 11.3 Å². The second-order valence-corrected chi connectivity index (χ2v) is 6.55. The lowest BCUT2D eigenvalue weighted by atomic mass is 10.1. The van der Waals surface area contributed by atoms with Gasteiger partial charge >= 0.3 is 5.97 Å². The number of nitrogens with one attached hydrogen (secondary N) is 1. The average molecular weight is 383 g/mol. The largest absolute Gasteiger partial charge is 0.481 e. The summed E-state index contributed by atoms with van der Waals surface area (Å²) in [5.41, 5.74) is 3.26. The minimum atomic E-state index is -0.868. The molecule has 0 saturated carbocycles. The summed E-state index contributed by atoms with van der Waals surface area (Å²) in [4.78, 5) is 23.5. The van der Waals surface area contributed by atoms with E-state index in [0.717, 1.165) is 17.0 Å². The molecular weight excluding hydrogens is 364 g/mol. The lowest BCUT2D eigenvalue weighted by Gasteiger charge is -2.14. The lowest BCUT2D eigenvalue weighted by molar-refractivity contribution is -0.137. The van der Waals surface area contributed by atoms with E-state index in [1.165, 1.54) is 0 Å². The number of hydrogen-bond donors (Lipinski definition) is 2. The molecular formula is C21H19ClN2O3. The Bertz CT molecular complexity index is 951. The fourth-order valence-electron chi connectivity index (χ4n) is 2.92. The average Bonchev–Trinajstić information content (AvgIpc) is 3.03. The molecule has 0 radical (unpaired) electrons. The summed E-state index contributed by atoms with van der Waals surface area (Å²) in [5.74, 6) is -1.07. The van der Waals surface area contributed by atoms with Crippen molar-refractivity contribution in [2.45, 2.75) is 19.4 Å². The first-order valence-corrected chi connectivity index (χ1v) is 8.92. The van der Waals surface area contributed by atoms with Crippen LogP contribution in [0, 0.1) is 0 Å². The second kappa shape index (κ2) is 8.56. The Kier molecular flexibility index (Phi) is 5.94. The molecule has 2 N–H and O–H groups in total. The zero-order valence-corrected chi connectivity index (χ0v) is 15.3. The summed E-state index contributed by atoms with van der Waals surface area (Å²) in [7, 11) is 0. The first-order chi connectivity index (χ1) is 13.0. The van der Waals surface area contributed by atoms with Crippen molar-refractivity contribution in [3.05, 3.63) is 77.4 Å². The van der Waals surface area contributed by atoms with Crippen molar-refractivity contribution in [2.75, 3.05) is 5.32 Å². The Hall–Kier alpha value is -3.05. The van der Waals surface area contributed by atoms with Gasteiger partial charge in [-0.2, -0.15) is 0 Å². The normalized spacial score (nSPS) is 10.6. The SMILES string of the molecule is O=C(O)CCc1ccc(-c2ccccc2)n1CC(=O)Nc1cccc(Cl)c1. The highest BCUT2D eigenvalue weighted by Crippen LogP contribution is 2.24.